The number of rotatable bonds is 6. The van der Waals surface area contributed by atoms with Crippen molar-refractivity contribution in [2.45, 2.75) is 31.8 Å². The maximum Gasteiger partial charge on any atom is 0.222 e. The van der Waals surface area contributed by atoms with E-state index in [0.29, 0.717) is 19.5 Å². The summed E-state index contributed by atoms with van der Waals surface area (Å²) >= 11 is 6.01. The number of nitrogens with one attached hydrogen (secondary N) is 2. The fourth-order valence-electron chi connectivity index (χ4n) is 3.07. The van der Waals surface area contributed by atoms with E-state index in [1.165, 1.54) is 5.56 Å². The molecule has 0 spiro atoms. The molecule has 2 atom stereocenters. The van der Waals surface area contributed by atoms with Crippen LogP contribution in [0.1, 0.15) is 31.4 Å². The Morgan fingerprint density at radius 1 is 1.37 bits per heavy atom. The minimum atomic E-state index is 0. The topological polar surface area (TPSA) is 60.0 Å². The van der Waals surface area contributed by atoms with Gasteiger partial charge < -0.3 is 20.4 Å². The molecule has 27 heavy (non-hydrogen) atoms. The van der Waals surface area contributed by atoms with Crippen molar-refractivity contribution in [3.8, 4) is 0 Å². The quantitative estimate of drug-likeness (QED) is 0.353. The van der Waals surface area contributed by atoms with Crippen LogP contribution in [0.4, 0.5) is 0 Å². The summed E-state index contributed by atoms with van der Waals surface area (Å²) in [6.07, 6.45) is 1.42. The van der Waals surface area contributed by atoms with Gasteiger partial charge in [0.05, 0.1) is 12.6 Å². The van der Waals surface area contributed by atoms with E-state index < -0.39 is 0 Å². The van der Waals surface area contributed by atoms with E-state index in [2.05, 4.69) is 36.6 Å². The number of likely N-dealkylation sites (N-methyl/N-ethyl adjacent to an activating group) is 2. The summed E-state index contributed by atoms with van der Waals surface area (Å²) in [6.45, 7) is 4.18. The number of hydrogen-bond donors (Lipinski definition) is 2. The SMILES string of the molecule is CCNC(=NCC(c1ccc(Cl)cc1)N(C)C)NC1CCC(=O)N(C)C1.I. The second-order valence-electron chi connectivity index (χ2n) is 6.90. The first-order valence-electron chi connectivity index (χ1n) is 9.11. The van der Waals surface area contributed by atoms with Crippen LogP contribution in [0.3, 0.4) is 0 Å². The maximum atomic E-state index is 11.7. The smallest absolute Gasteiger partial charge is 0.222 e. The number of benzene rings is 1. The van der Waals surface area contributed by atoms with E-state index in [1.54, 1.807) is 4.90 Å². The van der Waals surface area contributed by atoms with Crippen molar-refractivity contribution >= 4 is 47.4 Å². The third kappa shape index (κ3) is 7.46. The second kappa shape index (κ2) is 11.7. The Morgan fingerprint density at radius 2 is 2.04 bits per heavy atom. The Morgan fingerprint density at radius 3 is 2.59 bits per heavy atom. The molecule has 1 amide bonds. The summed E-state index contributed by atoms with van der Waals surface area (Å²) in [5.74, 6) is 1.00. The molecule has 2 unspecified atom stereocenters. The highest BCUT2D eigenvalue weighted by Crippen LogP contribution is 2.21. The molecule has 152 valence electrons. The molecule has 1 fully saturated rings. The van der Waals surface area contributed by atoms with Gasteiger partial charge in [-0.15, -0.1) is 24.0 Å². The fourth-order valence-corrected chi connectivity index (χ4v) is 3.20. The molecular formula is C19H31ClIN5O. The lowest BCUT2D eigenvalue weighted by Gasteiger charge is -2.31. The number of aliphatic imine (C=N–C) groups is 1. The number of halogens is 2. The molecule has 1 aromatic rings. The van der Waals surface area contributed by atoms with E-state index >= 15 is 0 Å². The number of hydrogen-bond acceptors (Lipinski definition) is 3. The number of carbonyl (C=O) groups excluding carboxylic acids is 1. The molecule has 1 aromatic carbocycles. The molecule has 1 aliphatic rings. The second-order valence-corrected chi connectivity index (χ2v) is 7.34. The molecule has 8 heteroatoms. The highest BCUT2D eigenvalue weighted by Gasteiger charge is 2.23. The largest absolute Gasteiger partial charge is 0.357 e. The Hall–Kier alpha value is -1.06. The van der Waals surface area contributed by atoms with E-state index in [9.17, 15) is 4.79 Å². The van der Waals surface area contributed by atoms with E-state index in [0.717, 1.165) is 23.9 Å². The molecule has 0 aliphatic carbocycles. The van der Waals surface area contributed by atoms with Crippen molar-refractivity contribution in [3.05, 3.63) is 34.9 Å². The van der Waals surface area contributed by atoms with Gasteiger partial charge in [0.15, 0.2) is 5.96 Å². The number of likely N-dealkylation sites (tertiary alicyclic amines) is 1. The number of carbonyl (C=O) groups is 1. The Kier molecular flexibility index (Phi) is 10.4. The summed E-state index contributed by atoms with van der Waals surface area (Å²) in [6, 6.07) is 8.31. The van der Waals surface area contributed by atoms with Gasteiger partial charge in [0, 0.05) is 37.6 Å². The zero-order chi connectivity index (χ0) is 19.1. The average molecular weight is 508 g/mol. The summed E-state index contributed by atoms with van der Waals surface area (Å²) in [5.41, 5.74) is 1.18. The lowest BCUT2D eigenvalue weighted by atomic mass is 10.1. The summed E-state index contributed by atoms with van der Waals surface area (Å²) in [4.78, 5) is 20.4. The first-order valence-corrected chi connectivity index (χ1v) is 9.49. The highest BCUT2D eigenvalue weighted by atomic mass is 127. The van der Waals surface area contributed by atoms with Crippen LogP contribution in [-0.2, 0) is 4.79 Å². The third-order valence-corrected chi connectivity index (χ3v) is 4.86. The van der Waals surface area contributed by atoms with Gasteiger partial charge in [0.1, 0.15) is 0 Å². The Balaban J connectivity index is 0.00000364. The van der Waals surface area contributed by atoms with Crippen LogP contribution >= 0.6 is 35.6 Å². The van der Waals surface area contributed by atoms with Gasteiger partial charge in [-0.3, -0.25) is 9.79 Å². The standard InChI is InChI=1S/C19H30ClN5O.HI/c1-5-21-19(23-16-10-11-18(26)25(4)13-16)22-12-17(24(2)3)14-6-8-15(20)9-7-14;/h6-9,16-17H,5,10-13H2,1-4H3,(H2,21,22,23);1H. The number of piperidine rings is 1. The lowest BCUT2D eigenvalue weighted by molar-refractivity contribution is -0.132. The first kappa shape index (κ1) is 24.0. The van der Waals surface area contributed by atoms with Gasteiger partial charge in [-0.2, -0.15) is 0 Å². The predicted octanol–water partition coefficient (Wildman–Crippen LogP) is 2.74. The van der Waals surface area contributed by atoms with Gasteiger partial charge in [0.25, 0.3) is 0 Å². The predicted molar refractivity (Wildman–Crippen MR) is 123 cm³/mol. The fraction of sp³-hybridized carbons (Fsp3) is 0.579. The molecule has 1 aliphatic heterocycles. The van der Waals surface area contributed by atoms with Gasteiger partial charge in [-0.25, -0.2) is 0 Å². The van der Waals surface area contributed by atoms with Crippen LogP contribution < -0.4 is 10.6 Å². The van der Waals surface area contributed by atoms with Crippen molar-refractivity contribution in [2.24, 2.45) is 4.99 Å². The van der Waals surface area contributed by atoms with Crippen molar-refractivity contribution < 1.29 is 4.79 Å². The van der Waals surface area contributed by atoms with Crippen LogP contribution in [0.15, 0.2) is 29.3 Å². The molecule has 0 radical (unpaired) electrons. The van der Waals surface area contributed by atoms with Crippen molar-refractivity contribution in [2.75, 3.05) is 40.8 Å². The zero-order valence-corrected chi connectivity index (χ0v) is 19.6. The molecular weight excluding hydrogens is 477 g/mol. The molecule has 2 rings (SSSR count). The van der Waals surface area contributed by atoms with E-state index in [-0.39, 0.29) is 42.0 Å². The molecule has 0 saturated carbocycles. The van der Waals surface area contributed by atoms with Crippen molar-refractivity contribution in [1.29, 1.82) is 0 Å². The lowest BCUT2D eigenvalue weighted by Crippen LogP contribution is -2.51. The molecule has 2 N–H and O–H groups in total. The highest BCUT2D eigenvalue weighted by molar-refractivity contribution is 14.0. The molecule has 1 saturated heterocycles. The van der Waals surface area contributed by atoms with Crippen LogP contribution in [0.25, 0.3) is 0 Å². The first-order chi connectivity index (χ1) is 12.4. The van der Waals surface area contributed by atoms with Gasteiger partial charge >= 0.3 is 0 Å². The van der Waals surface area contributed by atoms with Crippen molar-refractivity contribution in [3.63, 3.8) is 0 Å². The molecule has 6 nitrogen and oxygen atoms in total. The van der Waals surface area contributed by atoms with Crippen LogP contribution in [-0.4, -0.2) is 68.5 Å². The summed E-state index contributed by atoms with van der Waals surface area (Å²) in [7, 11) is 5.95. The summed E-state index contributed by atoms with van der Waals surface area (Å²) in [5, 5.41) is 7.51. The number of amides is 1. The van der Waals surface area contributed by atoms with E-state index in [1.807, 2.05) is 31.3 Å². The molecule has 1 heterocycles. The summed E-state index contributed by atoms with van der Waals surface area (Å²) < 4.78 is 0. The van der Waals surface area contributed by atoms with Gasteiger partial charge in [0.2, 0.25) is 5.91 Å². The minimum absolute atomic E-state index is 0. The number of nitrogens with zero attached hydrogens (tertiary/aromatic N) is 3. The third-order valence-electron chi connectivity index (χ3n) is 4.61. The van der Waals surface area contributed by atoms with E-state index in [4.69, 9.17) is 16.6 Å². The van der Waals surface area contributed by atoms with Crippen LogP contribution in [0.5, 0.6) is 0 Å². The Bertz CT molecular complexity index is 623. The van der Waals surface area contributed by atoms with Gasteiger partial charge in [-0.1, -0.05) is 23.7 Å². The zero-order valence-electron chi connectivity index (χ0n) is 16.5. The normalized spacial score (nSPS) is 18.9. The molecule has 0 aromatic heterocycles. The average Bonchev–Trinajstić information content (AvgIpc) is 2.59. The number of guanidine groups is 1. The van der Waals surface area contributed by atoms with Gasteiger partial charge in [-0.05, 0) is 45.1 Å². The van der Waals surface area contributed by atoms with Crippen LogP contribution in [0.2, 0.25) is 5.02 Å². The molecule has 0 bridgehead atoms. The Labute approximate surface area is 184 Å². The van der Waals surface area contributed by atoms with Crippen LogP contribution in [0, 0.1) is 0 Å². The maximum absolute atomic E-state index is 11.7. The van der Waals surface area contributed by atoms with Crippen molar-refractivity contribution in [1.82, 2.24) is 20.4 Å². The minimum Gasteiger partial charge on any atom is -0.357 e. The monoisotopic (exact) mass is 507 g/mol.